The summed E-state index contributed by atoms with van der Waals surface area (Å²) in [5, 5.41) is 17.6. The molecular formula is C2H4BrNO3. The van der Waals surface area contributed by atoms with E-state index in [9.17, 15) is 10.1 Å². The minimum atomic E-state index is -1.46. The molecule has 0 bridgehead atoms. The normalized spacial score (nSPS) is 13.4. The van der Waals surface area contributed by atoms with Crippen molar-refractivity contribution in [2.45, 2.75) is 6.23 Å². The molecule has 0 spiro atoms. The first-order chi connectivity index (χ1) is 3.18. The molecule has 0 aromatic carbocycles. The van der Waals surface area contributed by atoms with Gasteiger partial charge in [-0.15, -0.1) is 0 Å². The maximum absolute atomic E-state index is 9.46. The van der Waals surface area contributed by atoms with Gasteiger partial charge in [-0.1, -0.05) is 15.9 Å². The molecule has 0 rings (SSSR count). The second-order valence-corrected chi connectivity index (χ2v) is 1.57. The summed E-state index contributed by atoms with van der Waals surface area (Å²) in [5.41, 5.74) is 0. The molecule has 0 amide bonds. The molecule has 0 fully saturated rings. The smallest absolute Gasteiger partial charge is 0.322 e. The summed E-state index contributed by atoms with van der Waals surface area (Å²) in [6.45, 7) is 0. The van der Waals surface area contributed by atoms with Crippen LogP contribution in [0.5, 0.6) is 0 Å². The van der Waals surface area contributed by atoms with E-state index in [0.29, 0.717) is 0 Å². The van der Waals surface area contributed by atoms with Crippen molar-refractivity contribution in [3.8, 4) is 0 Å². The second-order valence-electron chi connectivity index (χ2n) is 0.920. The minimum absolute atomic E-state index is 0.0139. The summed E-state index contributed by atoms with van der Waals surface area (Å²) >= 11 is 2.72. The van der Waals surface area contributed by atoms with Crippen LogP contribution in [0.3, 0.4) is 0 Å². The topological polar surface area (TPSA) is 63.4 Å². The van der Waals surface area contributed by atoms with Crippen molar-refractivity contribution in [2.24, 2.45) is 0 Å². The predicted molar refractivity (Wildman–Crippen MR) is 26.8 cm³/mol. The van der Waals surface area contributed by atoms with E-state index in [1.807, 2.05) is 0 Å². The Morgan fingerprint density at radius 1 is 2.00 bits per heavy atom. The third-order valence-electron chi connectivity index (χ3n) is 0.381. The number of hydrogen-bond acceptors (Lipinski definition) is 3. The van der Waals surface area contributed by atoms with E-state index in [2.05, 4.69) is 15.9 Å². The van der Waals surface area contributed by atoms with Crippen LogP contribution >= 0.6 is 15.9 Å². The maximum atomic E-state index is 9.46. The Bertz CT molecular complexity index is 75.3. The second kappa shape index (κ2) is 2.92. The highest BCUT2D eigenvalue weighted by Crippen LogP contribution is 1.88. The Kier molecular flexibility index (Phi) is 2.86. The fraction of sp³-hybridized carbons (Fsp3) is 1.00. The van der Waals surface area contributed by atoms with E-state index >= 15 is 0 Å². The molecule has 0 aliphatic carbocycles. The molecule has 1 N–H and O–H groups in total. The number of nitrogens with zero attached hydrogens (tertiary/aromatic N) is 1. The van der Waals surface area contributed by atoms with Crippen LogP contribution in [-0.2, 0) is 0 Å². The van der Waals surface area contributed by atoms with Gasteiger partial charge in [0.1, 0.15) is 0 Å². The fourth-order valence-electron chi connectivity index (χ4n) is 0.0563. The monoisotopic (exact) mass is 169 g/mol. The summed E-state index contributed by atoms with van der Waals surface area (Å²) in [4.78, 5) is 8.69. The van der Waals surface area contributed by atoms with Gasteiger partial charge in [-0.25, -0.2) is 0 Å². The molecule has 0 aromatic rings. The average Bonchev–Trinajstić information content (AvgIpc) is 1.65. The standard InChI is InChI=1S/C2H4BrNO3/c3-1-2(5)4(6)7/h2,5H,1H2/t2-/m1/s1. The Morgan fingerprint density at radius 2 is 2.43 bits per heavy atom. The molecule has 5 heteroatoms. The lowest BCUT2D eigenvalue weighted by Gasteiger charge is -1.92. The first-order valence-corrected chi connectivity index (χ1v) is 2.68. The van der Waals surface area contributed by atoms with Crippen LogP contribution in [0.25, 0.3) is 0 Å². The number of alkyl halides is 1. The lowest BCUT2D eigenvalue weighted by atomic mass is 10.7. The SMILES string of the molecule is O=[N+]([O-])[C@H](O)CBr. The van der Waals surface area contributed by atoms with Crippen molar-refractivity contribution < 1.29 is 10.0 Å². The molecule has 0 aliphatic heterocycles. The summed E-state index contributed by atoms with van der Waals surface area (Å²) < 4.78 is 0. The van der Waals surface area contributed by atoms with Gasteiger partial charge in [-0.05, 0) is 0 Å². The quantitative estimate of drug-likeness (QED) is 0.274. The van der Waals surface area contributed by atoms with Crippen molar-refractivity contribution in [2.75, 3.05) is 5.33 Å². The van der Waals surface area contributed by atoms with Crippen molar-refractivity contribution in [3.05, 3.63) is 10.1 Å². The molecule has 0 aromatic heterocycles. The number of aliphatic hydroxyl groups excluding tert-OH is 1. The first kappa shape index (κ1) is 6.84. The molecule has 0 heterocycles. The van der Waals surface area contributed by atoms with Crippen molar-refractivity contribution in [1.29, 1.82) is 0 Å². The molecule has 42 valence electrons. The van der Waals surface area contributed by atoms with Gasteiger partial charge in [0.15, 0.2) is 0 Å². The van der Waals surface area contributed by atoms with Gasteiger partial charge < -0.3 is 5.11 Å². The van der Waals surface area contributed by atoms with Crippen molar-refractivity contribution in [3.63, 3.8) is 0 Å². The van der Waals surface area contributed by atoms with Gasteiger partial charge in [0, 0.05) is 0 Å². The van der Waals surface area contributed by atoms with Crippen LogP contribution < -0.4 is 0 Å². The molecule has 0 unspecified atom stereocenters. The van der Waals surface area contributed by atoms with E-state index in [-0.39, 0.29) is 5.33 Å². The molecule has 0 aliphatic rings. The Balaban J connectivity index is 3.34. The highest BCUT2D eigenvalue weighted by Gasteiger charge is 2.10. The lowest BCUT2D eigenvalue weighted by Crippen LogP contribution is -2.19. The highest BCUT2D eigenvalue weighted by atomic mass is 79.9. The zero-order valence-corrected chi connectivity index (χ0v) is 4.96. The number of aliphatic hydroxyl groups is 1. The number of rotatable bonds is 2. The molecule has 0 saturated carbocycles. The van der Waals surface area contributed by atoms with Crippen LogP contribution in [0, 0.1) is 10.1 Å². The van der Waals surface area contributed by atoms with Crippen LogP contribution in [0.4, 0.5) is 0 Å². The average molecular weight is 170 g/mol. The van der Waals surface area contributed by atoms with Gasteiger partial charge in [-0.3, -0.25) is 10.1 Å². The van der Waals surface area contributed by atoms with E-state index < -0.39 is 11.2 Å². The number of hydrogen-bond donors (Lipinski definition) is 1. The minimum Gasteiger partial charge on any atom is -0.332 e. The van der Waals surface area contributed by atoms with E-state index in [4.69, 9.17) is 5.11 Å². The molecule has 4 nitrogen and oxygen atoms in total. The predicted octanol–water partition coefficient (Wildman–Crippen LogP) is -0.0236. The summed E-state index contributed by atoms with van der Waals surface area (Å²) in [7, 11) is 0. The summed E-state index contributed by atoms with van der Waals surface area (Å²) in [5.74, 6) is 0. The first-order valence-electron chi connectivity index (χ1n) is 1.56. The molecule has 0 radical (unpaired) electrons. The van der Waals surface area contributed by atoms with Gasteiger partial charge in [-0.2, -0.15) is 0 Å². The van der Waals surface area contributed by atoms with Gasteiger partial charge in [0.25, 0.3) is 0 Å². The lowest BCUT2D eigenvalue weighted by molar-refractivity contribution is -0.563. The molecule has 0 saturated heterocycles. The van der Waals surface area contributed by atoms with E-state index in [1.54, 1.807) is 0 Å². The highest BCUT2D eigenvalue weighted by molar-refractivity contribution is 9.09. The van der Waals surface area contributed by atoms with Crippen LogP contribution in [0.15, 0.2) is 0 Å². The third kappa shape index (κ3) is 2.52. The molecule has 7 heavy (non-hydrogen) atoms. The van der Waals surface area contributed by atoms with E-state index in [1.165, 1.54) is 0 Å². The van der Waals surface area contributed by atoms with Crippen LogP contribution in [0.1, 0.15) is 0 Å². The fourth-order valence-corrected chi connectivity index (χ4v) is 0.293. The zero-order chi connectivity index (χ0) is 5.86. The van der Waals surface area contributed by atoms with Crippen LogP contribution in [0.2, 0.25) is 0 Å². The summed E-state index contributed by atoms with van der Waals surface area (Å²) in [6.07, 6.45) is -1.46. The number of nitro groups is 1. The van der Waals surface area contributed by atoms with Gasteiger partial charge in [0.2, 0.25) is 0 Å². The molecule has 1 atom stereocenters. The Hall–Kier alpha value is -0.160. The number of halogens is 1. The Labute approximate surface area is 48.4 Å². The Morgan fingerprint density at radius 3 is 2.43 bits per heavy atom. The largest absolute Gasteiger partial charge is 0.332 e. The zero-order valence-electron chi connectivity index (χ0n) is 3.37. The van der Waals surface area contributed by atoms with Gasteiger partial charge >= 0.3 is 6.23 Å². The van der Waals surface area contributed by atoms with E-state index in [0.717, 1.165) is 0 Å². The van der Waals surface area contributed by atoms with Crippen molar-refractivity contribution in [1.82, 2.24) is 0 Å². The third-order valence-corrected chi connectivity index (χ3v) is 0.960. The maximum Gasteiger partial charge on any atom is 0.322 e. The van der Waals surface area contributed by atoms with Gasteiger partial charge in [0.05, 0.1) is 10.3 Å². The summed E-state index contributed by atoms with van der Waals surface area (Å²) in [6, 6.07) is 0. The van der Waals surface area contributed by atoms with Crippen molar-refractivity contribution >= 4 is 15.9 Å². The molecular weight excluding hydrogens is 166 g/mol. The van der Waals surface area contributed by atoms with Crippen LogP contribution in [-0.4, -0.2) is 21.6 Å².